The highest BCUT2D eigenvalue weighted by Gasteiger charge is 2.29. The van der Waals surface area contributed by atoms with Crippen LogP contribution in [0.5, 0.6) is 0 Å². The minimum atomic E-state index is 0.511. The Hall–Kier alpha value is -2.09. The number of hydrogen-bond donors (Lipinski definition) is 0. The molecule has 1 aliphatic heterocycles. The molecular formula is C28H41N2+. The van der Waals surface area contributed by atoms with Crippen LogP contribution in [-0.4, -0.2) is 24.0 Å². The molecule has 2 aromatic rings. The summed E-state index contributed by atoms with van der Waals surface area (Å²) in [7, 11) is 0. The number of nitrogens with zero attached hydrogens (tertiary/aromatic N) is 2. The molecule has 0 unspecified atom stereocenters. The normalized spacial score (nSPS) is 14.9. The van der Waals surface area contributed by atoms with E-state index in [1.165, 1.54) is 40.0 Å². The largest absolute Gasteiger partial charge is 0.244 e. The summed E-state index contributed by atoms with van der Waals surface area (Å²) in [6.07, 6.45) is 3.58. The molecule has 3 rings (SSSR count). The molecule has 0 saturated heterocycles. The van der Waals surface area contributed by atoms with E-state index >= 15 is 0 Å². The van der Waals surface area contributed by atoms with Crippen molar-refractivity contribution in [3.63, 3.8) is 0 Å². The van der Waals surface area contributed by atoms with Crippen molar-refractivity contribution in [2.75, 3.05) is 18.0 Å². The van der Waals surface area contributed by atoms with Crippen LogP contribution in [0, 0.1) is 0 Å². The van der Waals surface area contributed by atoms with Gasteiger partial charge in [0.2, 0.25) is 6.34 Å². The fourth-order valence-corrected chi connectivity index (χ4v) is 4.72. The molecule has 1 aliphatic rings. The van der Waals surface area contributed by atoms with E-state index in [0.717, 1.165) is 13.1 Å². The van der Waals surface area contributed by atoms with Gasteiger partial charge in [0, 0.05) is 28.7 Å². The molecule has 162 valence electrons. The first-order valence-corrected chi connectivity index (χ1v) is 11.9. The lowest BCUT2D eigenvalue weighted by Crippen LogP contribution is -2.36. The van der Waals surface area contributed by atoms with Crippen molar-refractivity contribution in [2.24, 2.45) is 0 Å². The molecule has 30 heavy (non-hydrogen) atoms. The number of hydrogen-bond acceptors (Lipinski definition) is 1. The smallest absolute Gasteiger partial charge is 0.233 e. The molecule has 2 aromatic carbocycles. The Morgan fingerprint density at radius 3 is 1.53 bits per heavy atom. The Kier molecular flexibility index (Phi) is 7.06. The van der Waals surface area contributed by atoms with Crippen LogP contribution in [0.1, 0.15) is 108 Å². The van der Waals surface area contributed by atoms with E-state index in [-0.39, 0.29) is 0 Å². The Morgan fingerprint density at radius 2 is 1.10 bits per heavy atom. The third-order valence-electron chi connectivity index (χ3n) is 6.34. The van der Waals surface area contributed by atoms with Gasteiger partial charge in [-0.15, -0.1) is 0 Å². The summed E-state index contributed by atoms with van der Waals surface area (Å²) in [5, 5.41) is 0. The maximum absolute atomic E-state index is 2.54. The highest BCUT2D eigenvalue weighted by Crippen LogP contribution is 2.38. The molecule has 1 heterocycles. The van der Waals surface area contributed by atoms with Crippen molar-refractivity contribution in [1.29, 1.82) is 0 Å². The van der Waals surface area contributed by atoms with Gasteiger partial charge < -0.3 is 0 Å². The van der Waals surface area contributed by atoms with Crippen LogP contribution < -0.4 is 4.90 Å². The highest BCUT2D eigenvalue weighted by molar-refractivity contribution is 5.82. The Balaban J connectivity index is 2.19. The van der Waals surface area contributed by atoms with Crippen LogP contribution in [0.25, 0.3) is 0 Å². The van der Waals surface area contributed by atoms with Crippen molar-refractivity contribution in [3.8, 4) is 0 Å². The van der Waals surface area contributed by atoms with Crippen molar-refractivity contribution in [3.05, 3.63) is 58.7 Å². The molecule has 0 aromatic heterocycles. The number of rotatable bonds is 6. The summed E-state index contributed by atoms with van der Waals surface area (Å²) >= 11 is 0. The van der Waals surface area contributed by atoms with E-state index in [2.05, 4.69) is 108 Å². The fourth-order valence-electron chi connectivity index (χ4n) is 4.72. The summed E-state index contributed by atoms with van der Waals surface area (Å²) in [5.74, 6) is 2.04. The first kappa shape index (κ1) is 22.6. The third kappa shape index (κ3) is 4.48. The minimum Gasteiger partial charge on any atom is -0.233 e. The second-order valence-electron chi connectivity index (χ2n) is 10.0. The van der Waals surface area contributed by atoms with E-state index < -0.39 is 0 Å². The summed E-state index contributed by atoms with van der Waals surface area (Å²) in [5.41, 5.74) is 8.70. The van der Waals surface area contributed by atoms with Gasteiger partial charge in [0.05, 0.1) is 13.1 Å². The average Bonchev–Trinajstić information content (AvgIpc) is 2.72. The zero-order chi connectivity index (χ0) is 22.0. The third-order valence-corrected chi connectivity index (χ3v) is 6.34. The Morgan fingerprint density at radius 1 is 0.667 bits per heavy atom. The Bertz CT molecular complexity index is 850. The van der Waals surface area contributed by atoms with Gasteiger partial charge in [0.15, 0.2) is 0 Å². The molecule has 0 N–H and O–H groups in total. The molecule has 0 amide bonds. The second kappa shape index (κ2) is 9.37. The molecule has 0 radical (unpaired) electrons. The minimum absolute atomic E-state index is 0.511. The van der Waals surface area contributed by atoms with Crippen molar-refractivity contribution in [1.82, 2.24) is 0 Å². The molecule has 0 aliphatic carbocycles. The zero-order valence-electron chi connectivity index (χ0n) is 20.4. The summed E-state index contributed by atoms with van der Waals surface area (Å²) < 4.78 is 2.54. The van der Waals surface area contributed by atoms with Crippen LogP contribution in [0.3, 0.4) is 0 Å². The van der Waals surface area contributed by atoms with Gasteiger partial charge in [-0.05, 0) is 23.7 Å². The average molecular weight is 406 g/mol. The van der Waals surface area contributed by atoms with Gasteiger partial charge >= 0.3 is 0 Å². The molecule has 2 heteroatoms. The number of anilines is 1. The quantitative estimate of drug-likeness (QED) is 0.445. The second-order valence-corrected chi connectivity index (χ2v) is 10.0. The predicted molar refractivity (Wildman–Crippen MR) is 132 cm³/mol. The van der Waals surface area contributed by atoms with Crippen LogP contribution in [0.15, 0.2) is 36.4 Å². The van der Waals surface area contributed by atoms with E-state index in [4.69, 9.17) is 0 Å². The first-order chi connectivity index (χ1) is 14.2. The van der Waals surface area contributed by atoms with Gasteiger partial charge in [0.25, 0.3) is 0 Å². The van der Waals surface area contributed by atoms with Crippen LogP contribution in [0.4, 0.5) is 11.4 Å². The van der Waals surface area contributed by atoms with E-state index in [0.29, 0.717) is 23.7 Å². The topological polar surface area (TPSA) is 6.25 Å². The fraction of sp³-hybridized carbons (Fsp3) is 0.536. The summed E-state index contributed by atoms with van der Waals surface area (Å²) in [4.78, 5) is 2.54. The van der Waals surface area contributed by atoms with Crippen molar-refractivity contribution in [2.45, 2.75) is 85.5 Å². The van der Waals surface area contributed by atoms with Crippen LogP contribution >= 0.6 is 0 Å². The zero-order valence-corrected chi connectivity index (χ0v) is 20.4. The van der Waals surface area contributed by atoms with Crippen LogP contribution in [0.2, 0.25) is 0 Å². The van der Waals surface area contributed by atoms with Gasteiger partial charge in [-0.3, -0.25) is 0 Å². The van der Waals surface area contributed by atoms with Gasteiger partial charge in [-0.1, -0.05) is 91.8 Å². The molecular weight excluding hydrogens is 364 g/mol. The molecule has 0 spiro atoms. The lowest BCUT2D eigenvalue weighted by molar-refractivity contribution is -0.441. The Labute approximate surface area is 184 Å². The summed E-state index contributed by atoms with van der Waals surface area (Å²) in [6.45, 7) is 20.7. The molecule has 0 bridgehead atoms. The highest BCUT2D eigenvalue weighted by atomic mass is 15.2. The van der Waals surface area contributed by atoms with Crippen LogP contribution in [-0.2, 0) is 0 Å². The van der Waals surface area contributed by atoms with E-state index in [1.807, 2.05) is 0 Å². The lowest BCUT2D eigenvalue weighted by atomic mass is 9.91. The molecule has 0 saturated carbocycles. The van der Waals surface area contributed by atoms with E-state index in [1.54, 1.807) is 0 Å². The van der Waals surface area contributed by atoms with Crippen molar-refractivity contribution >= 4 is 17.7 Å². The predicted octanol–water partition coefficient (Wildman–Crippen LogP) is 7.76. The summed E-state index contributed by atoms with van der Waals surface area (Å²) in [6, 6.07) is 13.8. The monoisotopic (exact) mass is 405 g/mol. The SMILES string of the molecule is CC(C)c1cccc(C(C)C)c1N1C=[N+](c2c(C(C)C)cccc2C(C)C)CCC1. The number of benzene rings is 2. The molecule has 0 atom stereocenters. The maximum atomic E-state index is 2.54. The standard InChI is InChI=1S/C28H41N2/c1-19(2)23-12-9-13-24(20(3)4)27(23)29-16-11-17-30(18-29)28-25(21(5)6)14-10-15-26(28)22(7)8/h9-10,12-15,18-22H,11,16-17H2,1-8H3/q+1. The van der Waals surface area contributed by atoms with Crippen molar-refractivity contribution < 1.29 is 4.58 Å². The van der Waals surface area contributed by atoms with Gasteiger partial charge in [0.1, 0.15) is 11.4 Å². The van der Waals surface area contributed by atoms with Gasteiger partial charge in [-0.25, -0.2) is 9.48 Å². The van der Waals surface area contributed by atoms with Gasteiger partial charge in [-0.2, -0.15) is 0 Å². The lowest BCUT2D eigenvalue weighted by Gasteiger charge is -2.28. The molecule has 2 nitrogen and oxygen atoms in total. The van der Waals surface area contributed by atoms with E-state index in [9.17, 15) is 0 Å². The molecule has 0 fully saturated rings. The first-order valence-electron chi connectivity index (χ1n) is 11.9. The number of para-hydroxylation sites is 2. The maximum Gasteiger partial charge on any atom is 0.244 e.